The number of hydrogen-bond acceptors (Lipinski definition) is 12. The number of aromatic amines is 1. The minimum atomic E-state index is -1.23. The lowest BCUT2D eigenvalue weighted by Crippen LogP contribution is -2.63. The monoisotopic (exact) mass is 731 g/mol. The van der Waals surface area contributed by atoms with Crippen LogP contribution < -0.4 is 0 Å². The van der Waals surface area contributed by atoms with Gasteiger partial charge in [-0.15, -0.1) is 0 Å². The summed E-state index contributed by atoms with van der Waals surface area (Å²) in [6.45, 7) is 15.3. The maximum Gasteiger partial charge on any atom is 0.431 e. The number of aliphatic hydroxyl groups excluding tert-OH is 1. The summed E-state index contributed by atoms with van der Waals surface area (Å²) >= 11 is 0. The van der Waals surface area contributed by atoms with Crippen LogP contribution in [0.3, 0.4) is 0 Å². The Balaban J connectivity index is 1.58. The van der Waals surface area contributed by atoms with Crippen LogP contribution in [0.15, 0.2) is 23.6 Å². The number of hydrazone groups is 1. The number of amides is 1. The van der Waals surface area contributed by atoms with Crippen LogP contribution in [0, 0.1) is 23.7 Å². The van der Waals surface area contributed by atoms with Gasteiger partial charge in [0.15, 0.2) is 17.7 Å². The summed E-state index contributed by atoms with van der Waals surface area (Å²) in [5, 5.41) is 19.9. The molecule has 1 aromatic rings. The van der Waals surface area contributed by atoms with Crippen molar-refractivity contribution in [3.05, 3.63) is 24.0 Å². The molecule has 1 unspecified atom stereocenters. The van der Waals surface area contributed by atoms with Gasteiger partial charge in [-0.2, -0.15) is 15.2 Å². The van der Waals surface area contributed by atoms with Crippen molar-refractivity contribution in [3.8, 4) is 0 Å². The van der Waals surface area contributed by atoms with Crippen molar-refractivity contribution in [1.29, 1.82) is 0 Å². The lowest BCUT2D eigenvalue weighted by atomic mass is 9.73. The Morgan fingerprint density at radius 3 is 2.44 bits per heavy atom. The smallest absolute Gasteiger partial charge is 0.431 e. The number of hydrogen-bond donors (Lipinski definition) is 2. The second-order valence-electron chi connectivity index (χ2n) is 16.1. The predicted molar refractivity (Wildman–Crippen MR) is 193 cm³/mol. The maximum absolute atomic E-state index is 14.3. The van der Waals surface area contributed by atoms with Crippen molar-refractivity contribution in [2.24, 2.45) is 28.8 Å². The highest BCUT2D eigenvalue weighted by atomic mass is 16.7. The van der Waals surface area contributed by atoms with Crippen LogP contribution in [0.1, 0.15) is 86.6 Å². The molecule has 52 heavy (non-hydrogen) atoms. The molecule has 292 valence electrons. The van der Waals surface area contributed by atoms with Crippen LogP contribution in [0.4, 0.5) is 4.79 Å². The zero-order chi connectivity index (χ0) is 38.3. The van der Waals surface area contributed by atoms with Gasteiger partial charge in [0.2, 0.25) is 0 Å². The van der Waals surface area contributed by atoms with E-state index in [0.717, 1.165) is 24.1 Å². The van der Waals surface area contributed by atoms with Crippen molar-refractivity contribution in [3.63, 3.8) is 0 Å². The second kappa shape index (κ2) is 15.7. The quantitative estimate of drug-likeness (QED) is 0.278. The number of esters is 1. The molecule has 0 radical (unpaired) electrons. The van der Waals surface area contributed by atoms with Gasteiger partial charge in [-0.3, -0.25) is 9.59 Å². The van der Waals surface area contributed by atoms with Crippen molar-refractivity contribution < 1.29 is 43.2 Å². The molecule has 0 saturated carbocycles. The third kappa shape index (κ3) is 7.51. The molecule has 2 bridgehead atoms. The number of carbonyl (C=O) groups excluding carboxylic acids is 3. The van der Waals surface area contributed by atoms with E-state index in [1.807, 2.05) is 72.1 Å². The van der Waals surface area contributed by atoms with Gasteiger partial charge in [0.05, 0.1) is 24.4 Å². The molecule has 3 saturated heterocycles. The minimum absolute atomic E-state index is 0.216. The van der Waals surface area contributed by atoms with Gasteiger partial charge < -0.3 is 38.7 Å². The number of nitrogens with zero attached hydrogens (tertiary/aromatic N) is 4. The van der Waals surface area contributed by atoms with Crippen LogP contribution in [-0.2, 0) is 39.7 Å². The Morgan fingerprint density at radius 1 is 1.12 bits per heavy atom. The minimum Gasteiger partial charge on any atom is -0.457 e. The summed E-state index contributed by atoms with van der Waals surface area (Å²) < 4.78 is 31.6. The largest absolute Gasteiger partial charge is 0.457 e. The van der Waals surface area contributed by atoms with Crippen molar-refractivity contribution >= 4 is 23.6 Å². The van der Waals surface area contributed by atoms with Crippen molar-refractivity contribution in [2.45, 2.75) is 141 Å². The number of aromatic nitrogens is 1. The number of ether oxygens (including phenoxy) is 5. The van der Waals surface area contributed by atoms with Gasteiger partial charge in [-0.05, 0) is 91.4 Å². The van der Waals surface area contributed by atoms with Crippen LogP contribution in [0.2, 0.25) is 0 Å². The fourth-order valence-corrected chi connectivity index (χ4v) is 9.06. The second-order valence-corrected chi connectivity index (χ2v) is 16.1. The summed E-state index contributed by atoms with van der Waals surface area (Å²) in [7, 11) is 5.39. The molecule has 5 rings (SSSR count). The Bertz CT molecular complexity index is 1460. The molecule has 14 heteroatoms. The van der Waals surface area contributed by atoms with E-state index in [1.165, 1.54) is 6.92 Å². The fourth-order valence-electron chi connectivity index (χ4n) is 9.06. The molecule has 1 aromatic heterocycles. The Labute approximate surface area is 308 Å². The first-order chi connectivity index (χ1) is 24.5. The number of Topliss-reactive ketones (excluding diaryl/α,β-unsaturated/α-hetero) is 1. The lowest BCUT2D eigenvalue weighted by molar-refractivity contribution is -0.295. The highest BCUT2D eigenvalue weighted by molar-refractivity contribution is 6.00. The van der Waals surface area contributed by atoms with Gasteiger partial charge in [0.25, 0.3) is 0 Å². The topological polar surface area (TPSA) is 155 Å². The normalized spacial score (nSPS) is 40.4. The van der Waals surface area contributed by atoms with E-state index in [-0.39, 0.29) is 24.0 Å². The number of methoxy groups -OCH3 is 1. The molecule has 0 aromatic carbocycles. The third-order valence-electron chi connectivity index (χ3n) is 12.0. The van der Waals surface area contributed by atoms with Crippen LogP contribution in [0.25, 0.3) is 0 Å². The van der Waals surface area contributed by atoms with E-state index in [2.05, 4.69) is 11.9 Å². The predicted octanol–water partition coefficient (Wildman–Crippen LogP) is 4.17. The lowest BCUT2D eigenvalue weighted by Gasteiger charge is -2.49. The standard InChI is InChI=1S/C38H61N5O9/c1-12-28-38(8)32-23(4)29(40-42(43(32)36(47)52-38)17-13-14-26-15-16-39-20-26)21(2)19-37(7,48-11)33(24(5)30(44)25(6)34(46)50-28)51-35-31(45)27(41(9)10)18-22(3)49-35/h15-16,20-25,27-28,31-33,35,39,45H,12-14,17-19H2,1-11H3/t21-,22+,23+,24+,25-,27-,28-,31+,32-,33-,35-,37?,38-/m1/s1. The fraction of sp³-hybridized carbons (Fsp3) is 0.789. The van der Waals surface area contributed by atoms with Gasteiger partial charge in [-0.1, -0.05) is 27.7 Å². The summed E-state index contributed by atoms with van der Waals surface area (Å²) in [4.78, 5) is 47.0. The SMILES string of the molecule is CC[C@H]1OC(=O)[C@H](C)C(=O)[C@H](C)[C@@H](O[C@H]2O[C@@H](C)C[C@@H](N(C)C)[C@@H]2O)C(C)(OC)C[C@@H](C)C2=NN(CCCc3cc[nH]c3)N3C(=O)O[C@@]1(C)[C@H]3[C@H]2C. The van der Waals surface area contributed by atoms with E-state index in [9.17, 15) is 19.5 Å². The van der Waals surface area contributed by atoms with E-state index in [0.29, 0.717) is 25.8 Å². The number of rotatable bonds is 9. The molecule has 14 nitrogen and oxygen atoms in total. The van der Waals surface area contributed by atoms with Gasteiger partial charge >= 0.3 is 12.1 Å². The Kier molecular flexibility index (Phi) is 12.2. The Hall–Kier alpha value is -3.04. The molecule has 5 heterocycles. The number of fused-ring (bicyclic) bond motifs is 1. The number of carbonyl (C=O) groups is 3. The van der Waals surface area contributed by atoms with Gasteiger partial charge in [0.1, 0.15) is 24.2 Å². The van der Waals surface area contributed by atoms with Gasteiger partial charge in [-0.25, -0.2) is 4.79 Å². The first-order valence-corrected chi connectivity index (χ1v) is 18.9. The number of likely N-dealkylation sites (N-methyl/N-ethyl adjacent to an activating group) is 1. The van der Waals surface area contributed by atoms with Crippen LogP contribution in [0.5, 0.6) is 0 Å². The molecule has 13 atom stereocenters. The summed E-state index contributed by atoms with van der Waals surface area (Å²) in [6.07, 6.45) is 2.08. The summed E-state index contributed by atoms with van der Waals surface area (Å²) in [5.41, 5.74) is -0.368. The van der Waals surface area contributed by atoms with Crippen LogP contribution in [-0.4, -0.2) is 130 Å². The first-order valence-electron chi connectivity index (χ1n) is 18.9. The van der Waals surface area contributed by atoms with E-state index < -0.39 is 71.5 Å². The molecule has 1 amide bonds. The van der Waals surface area contributed by atoms with Crippen LogP contribution >= 0.6 is 0 Å². The van der Waals surface area contributed by atoms with E-state index in [4.69, 9.17) is 28.8 Å². The highest BCUT2D eigenvalue weighted by Gasteiger charge is 2.63. The average molecular weight is 732 g/mol. The number of ketones is 1. The molecular weight excluding hydrogens is 670 g/mol. The number of H-pyrrole nitrogens is 1. The van der Waals surface area contributed by atoms with E-state index in [1.54, 1.807) is 24.2 Å². The molecular formula is C38H61N5O9. The zero-order valence-corrected chi connectivity index (χ0v) is 32.8. The third-order valence-corrected chi connectivity index (χ3v) is 12.0. The summed E-state index contributed by atoms with van der Waals surface area (Å²) in [5.74, 6) is -3.66. The molecule has 3 fully saturated rings. The van der Waals surface area contributed by atoms with Gasteiger partial charge in [0, 0.05) is 43.1 Å². The number of hydrazine groups is 1. The number of aliphatic hydroxyl groups is 1. The maximum atomic E-state index is 14.3. The molecule has 2 N–H and O–H groups in total. The summed E-state index contributed by atoms with van der Waals surface area (Å²) in [6, 6.07) is 1.24. The molecule has 0 spiro atoms. The average Bonchev–Trinajstić information content (AvgIpc) is 3.72. The molecule has 0 aliphatic carbocycles. The first kappa shape index (κ1) is 40.2. The number of nitrogens with one attached hydrogen (secondary N) is 1. The molecule has 4 aliphatic rings. The highest BCUT2D eigenvalue weighted by Crippen LogP contribution is 2.45. The zero-order valence-electron chi connectivity index (χ0n) is 32.8. The molecule has 4 aliphatic heterocycles. The van der Waals surface area contributed by atoms with Crippen molar-refractivity contribution in [2.75, 3.05) is 27.7 Å². The number of cyclic esters (lactones) is 1. The van der Waals surface area contributed by atoms with E-state index >= 15 is 0 Å². The number of aryl methyl sites for hydroxylation is 1. The Morgan fingerprint density at radius 2 is 1.83 bits per heavy atom. The van der Waals surface area contributed by atoms with Crippen molar-refractivity contribution in [1.82, 2.24) is 20.0 Å².